The van der Waals surface area contributed by atoms with E-state index in [0.717, 1.165) is 37.6 Å². The fraction of sp³-hybridized carbons (Fsp3) is 0.600. The van der Waals surface area contributed by atoms with E-state index in [9.17, 15) is 4.79 Å². The summed E-state index contributed by atoms with van der Waals surface area (Å²) in [5.41, 5.74) is 6.62. The Kier molecular flexibility index (Phi) is 5.52. The van der Waals surface area contributed by atoms with Gasteiger partial charge in [-0.1, -0.05) is 6.07 Å². The normalized spacial score (nSPS) is 16.3. The first-order valence-electron chi connectivity index (χ1n) is 7.50. The van der Waals surface area contributed by atoms with Gasteiger partial charge >= 0.3 is 0 Å². The molecular formula is C15H25N5O. The van der Waals surface area contributed by atoms with Gasteiger partial charge in [0, 0.05) is 45.0 Å². The largest absolute Gasteiger partial charge is 0.354 e. The van der Waals surface area contributed by atoms with E-state index in [1.54, 1.807) is 0 Å². The first kappa shape index (κ1) is 15.7. The van der Waals surface area contributed by atoms with Crippen LogP contribution in [0.3, 0.4) is 0 Å². The maximum absolute atomic E-state index is 11.8. The molecule has 0 saturated carbocycles. The van der Waals surface area contributed by atoms with Crippen molar-refractivity contribution in [3.8, 4) is 0 Å². The van der Waals surface area contributed by atoms with Gasteiger partial charge in [0.1, 0.15) is 5.82 Å². The minimum absolute atomic E-state index is 0.101. The number of carbonyl (C=O) groups is 1. The summed E-state index contributed by atoms with van der Waals surface area (Å²) >= 11 is 0. The quantitative estimate of drug-likeness (QED) is 0.810. The van der Waals surface area contributed by atoms with Gasteiger partial charge in [0.2, 0.25) is 5.91 Å². The van der Waals surface area contributed by atoms with Crippen molar-refractivity contribution in [3.63, 3.8) is 0 Å². The number of amides is 1. The average molecular weight is 291 g/mol. The smallest absolute Gasteiger partial charge is 0.234 e. The second-order valence-corrected chi connectivity index (χ2v) is 5.71. The molecule has 1 aromatic rings. The van der Waals surface area contributed by atoms with Crippen molar-refractivity contribution in [2.45, 2.75) is 26.4 Å². The predicted octanol–water partition coefficient (Wildman–Crippen LogP) is 0.187. The van der Waals surface area contributed by atoms with Gasteiger partial charge in [-0.15, -0.1) is 0 Å². The molecule has 0 radical (unpaired) electrons. The molecule has 3 N–H and O–H groups in total. The summed E-state index contributed by atoms with van der Waals surface area (Å²) in [4.78, 5) is 20.6. The summed E-state index contributed by atoms with van der Waals surface area (Å²) in [6.07, 6.45) is 1.83. The zero-order valence-electron chi connectivity index (χ0n) is 12.9. The summed E-state index contributed by atoms with van der Waals surface area (Å²) in [7, 11) is 0. The van der Waals surface area contributed by atoms with E-state index in [1.165, 1.54) is 0 Å². The third-order valence-corrected chi connectivity index (χ3v) is 3.56. The monoisotopic (exact) mass is 291 g/mol. The lowest BCUT2D eigenvalue weighted by Gasteiger charge is -2.35. The maximum atomic E-state index is 11.8. The van der Waals surface area contributed by atoms with E-state index in [2.05, 4.69) is 20.1 Å². The molecule has 0 spiro atoms. The van der Waals surface area contributed by atoms with Crippen molar-refractivity contribution in [2.24, 2.45) is 5.73 Å². The first-order valence-corrected chi connectivity index (χ1v) is 7.50. The Morgan fingerprint density at radius 3 is 2.57 bits per heavy atom. The third-order valence-electron chi connectivity index (χ3n) is 3.56. The van der Waals surface area contributed by atoms with Gasteiger partial charge in [-0.3, -0.25) is 9.69 Å². The zero-order chi connectivity index (χ0) is 15.2. The van der Waals surface area contributed by atoms with Crippen molar-refractivity contribution in [2.75, 3.05) is 37.6 Å². The SMILES string of the molecule is CC(C)NC(=O)CN1CCN(c2ccc(CN)cn2)CC1. The summed E-state index contributed by atoms with van der Waals surface area (Å²) in [6, 6.07) is 4.23. The molecule has 1 aliphatic rings. The van der Waals surface area contributed by atoms with Gasteiger partial charge in [-0.2, -0.15) is 0 Å². The molecule has 1 fully saturated rings. The van der Waals surface area contributed by atoms with Crippen LogP contribution in [0.5, 0.6) is 0 Å². The van der Waals surface area contributed by atoms with Crippen LogP contribution < -0.4 is 16.0 Å². The highest BCUT2D eigenvalue weighted by Crippen LogP contribution is 2.13. The van der Waals surface area contributed by atoms with Crippen LogP contribution in [0.2, 0.25) is 0 Å². The van der Waals surface area contributed by atoms with Crippen molar-refractivity contribution >= 4 is 11.7 Å². The topological polar surface area (TPSA) is 74.5 Å². The Bertz CT molecular complexity index is 452. The lowest BCUT2D eigenvalue weighted by Crippen LogP contribution is -2.50. The van der Waals surface area contributed by atoms with Gasteiger partial charge in [0.25, 0.3) is 0 Å². The molecule has 0 aromatic carbocycles. The van der Waals surface area contributed by atoms with E-state index >= 15 is 0 Å². The second kappa shape index (κ2) is 7.38. The molecule has 1 aromatic heterocycles. The Morgan fingerprint density at radius 1 is 1.33 bits per heavy atom. The number of pyridine rings is 1. The number of anilines is 1. The summed E-state index contributed by atoms with van der Waals surface area (Å²) in [5.74, 6) is 1.09. The standard InChI is InChI=1S/C15H25N5O/c1-12(2)18-15(21)11-19-5-7-20(8-6-19)14-4-3-13(9-16)10-17-14/h3-4,10,12H,5-9,11,16H2,1-2H3,(H,18,21). The molecule has 21 heavy (non-hydrogen) atoms. The lowest BCUT2D eigenvalue weighted by molar-refractivity contribution is -0.122. The van der Waals surface area contributed by atoms with Gasteiger partial charge in [-0.25, -0.2) is 4.98 Å². The number of nitrogens with one attached hydrogen (secondary N) is 1. The Morgan fingerprint density at radius 2 is 2.05 bits per heavy atom. The number of rotatable bonds is 5. The van der Waals surface area contributed by atoms with Gasteiger partial charge in [0.15, 0.2) is 0 Å². The van der Waals surface area contributed by atoms with E-state index in [1.807, 2.05) is 32.2 Å². The van der Waals surface area contributed by atoms with Crippen LogP contribution >= 0.6 is 0 Å². The maximum Gasteiger partial charge on any atom is 0.234 e. The van der Waals surface area contributed by atoms with E-state index < -0.39 is 0 Å². The van der Waals surface area contributed by atoms with Crippen molar-refractivity contribution < 1.29 is 4.79 Å². The molecule has 6 heteroatoms. The van der Waals surface area contributed by atoms with E-state index in [4.69, 9.17) is 5.73 Å². The fourth-order valence-corrected chi connectivity index (χ4v) is 2.43. The van der Waals surface area contributed by atoms with Crippen molar-refractivity contribution in [1.82, 2.24) is 15.2 Å². The molecule has 1 amide bonds. The van der Waals surface area contributed by atoms with Crippen LogP contribution in [-0.2, 0) is 11.3 Å². The van der Waals surface area contributed by atoms with Gasteiger partial charge in [0.05, 0.1) is 6.54 Å². The Balaban J connectivity index is 1.81. The molecule has 1 aliphatic heterocycles. The highest BCUT2D eigenvalue weighted by molar-refractivity contribution is 5.78. The highest BCUT2D eigenvalue weighted by atomic mass is 16.2. The molecule has 2 heterocycles. The number of nitrogens with zero attached hydrogens (tertiary/aromatic N) is 3. The minimum Gasteiger partial charge on any atom is -0.354 e. The van der Waals surface area contributed by atoms with Crippen LogP contribution in [-0.4, -0.2) is 54.6 Å². The zero-order valence-corrected chi connectivity index (χ0v) is 12.9. The Labute approximate surface area is 126 Å². The summed E-state index contributed by atoms with van der Waals surface area (Å²) in [5, 5.41) is 2.93. The summed E-state index contributed by atoms with van der Waals surface area (Å²) < 4.78 is 0. The molecule has 6 nitrogen and oxygen atoms in total. The molecule has 0 bridgehead atoms. The van der Waals surface area contributed by atoms with Crippen molar-refractivity contribution in [3.05, 3.63) is 23.9 Å². The Hall–Kier alpha value is -1.66. The first-order chi connectivity index (χ1) is 10.1. The number of carbonyl (C=O) groups excluding carboxylic acids is 1. The summed E-state index contributed by atoms with van der Waals surface area (Å²) in [6.45, 7) is 8.50. The molecule has 0 atom stereocenters. The second-order valence-electron chi connectivity index (χ2n) is 5.71. The predicted molar refractivity (Wildman–Crippen MR) is 84.1 cm³/mol. The van der Waals surface area contributed by atoms with Gasteiger partial charge < -0.3 is 16.0 Å². The van der Waals surface area contributed by atoms with Crippen molar-refractivity contribution in [1.29, 1.82) is 0 Å². The van der Waals surface area contributed by atoms with Crippen LogP contribution in [0, 0.1) is 0 Å². The highest BCUT2D eigenvalue weighted by Gasteiger charge is 2.19. The molecule has 0 unspecified atom stereocenters. The number of nitrogens with two attached hydrogens (primary N) is 1. The number of hydrogen-bond donors (Lipinski definition) is 2. The van der Waals surface area contributed by atoms with Crippen LogP contribution in [0.25, 0.3) is 0 Å². The number of hydrogen-bond acceptors (Lipinski definition) is 5. The van der Waals surface area contributed by atoms with E-state index in [-0.39, 0.29) is 11.9 Å². The molecular weight excluding hydrogens is 266 g/mol. The fourth-order valence-electron chi connectivity index (χ4n) is 2.43. The van der Waals surface area contributed by atoms with Gasteiger partial charge in [-0.05, 0) is 25.5 Å². The average Bonchev–Trinajstić information content (AvgIpc) is 2.47. The molecule has 2 rings (SSSR count). The molecule has 0 aliphatic carbocycles. The molecule has 1 saturated heterocycles. The number of aromatic nitrogens is 1. The lowest BCUT2D eigenvalue weighted by atomic mass is 10.2. The van der Waals surface area contributed by atoms with Crippen LogP contribution in [0.15, 0.2) is 18.3 Å². The number of piperazine rings is 1. The molecule has 116 valence electrons. The van der Waals surface area contributed by atoms with Crippen LogP contribution in [0.4, 0.5) is 5.82 Å². The minimum atomic E-state index is 0.101. The van der Waals surface area contributed by atoms with Crippen LogP contribution in [0.1, 0.15) is 19.4 Å². The third kappa shape index (κ3) is 4.68. The van der Waals surface area contributed by atoms with E-state index in [0.29, 0.717) is 13.1 Å².